The van der Waals surface area contributed by atoms with Gasteiger partial charge in [-0.05, 0) is 29.5 Å². The second kappa shape index (κ2) is 2.79. The van der Waals surface area contributed by atoms with Crippen molar-refractivity contribution in [2.75, 3.05) is 0 Å². The minimum absolute atomic E-state index is 0.392. The molecule has 0 fully saturated rings. The predicted octanol–water partition coefficient (Wildman–Crippen LogP) is 3.17. The van der Waals surface area contributed by atoms with Gasteiger partial charge in [-0.3, -0.25) is 0 Å². The van der Waals surface area contributed by atoms with E-state index in [9.17, 15) is 5.11 Å². The summed E-state index contributed by atoms with van der Waals surface area (Å²) < 4.78 is 1.22. The van der Waals surface area contributed by atoms with E-state index in [1.807, 2.05) is 17.5 Å². The van der Waals surface area contributed by atoms with Crippen LogP contribution in [0.15, 0.2) is 23.6 Å². The largest absolute Gasteiger partial charge is 0.507 e. The van der Waals surface area contributed by atoms with Gasteiger partial charge in [0.05, 0.1) is 0 Å². The van der Waals surface area contributed by atoms with Crippen molar-refractivity contribution in [1.82, 2.24) is 0 Å². The number of phenols is 1. The van der Waals surface area contributed by atoms with E-state index in [0.29, 0.717) is 5.75 Å². The van der Waals surface area contributed by atoms with Gasteiger partial charge in [0.25, 0.3) is 0 Å². The Morgan fingerprint density at radius 3 is 2.92 bits per heavy atom. The minimum Gasteiger partial charge on any atom is -0.507 e. The van der Waals surface area contributed by atoms with E-state index in [0.717, 1.165) is 11.8 Å². The average molecular weight is 178 g/mol. The standard InChI is InChI=1S/C10H10OS/c1-2-7-3-4-9(11)8-5-6-12-10(7)8/h3-6,11H,2H2,1H3. The summed E-state index contributed by atoms with van der Waals surface area (Å²) >= 11 is 1.69. The lowest BCUT2D eigenvalue weighted by Crippen LogP contribution is -1.78. The van der Waals surface area contributed by atoms with Gasteiger partial charge in [0.2, 0.25) is 0 Å². The second-order valence-corrected chi connectivity index (χ2v) is 3.68. The Kier molecular flexibility index (Phi) is 1.77. The molecule has 1 N–H and O–H groups in total. The van der Waals surface area contributed by atoms with Crippen molar-refractivity contribution in [2.45, 2.75) is 13.3 Å². The number of hydrogen-bond donors (Lipinski definition) is 1. The van der Waals surface area contributed by atoms with Crippen LogP contribution in [0.5, 0.6) is 5.75 Å². The first-order chi connectivity index (χ1) is 5.83. The van der Waals surface area contributed by atoms with Crippen molar-refractivity contribution in [3.8, 4) is 5.75 Å². The predicted molar refractivity (Wildman–Crippen MR) is 52.9 cm³/mol. The molecule has 0 atom stereocenters. The molecule has 1 aromatic carbocycles. The fraction of sp³-hybridized carbons (Fsp3) is 0.200. The molecule has 0 radical (unpaired) electrons. The monoisotopic (exact) mass is 178 g/mol. The zero-order valence-corrected chi connectivity index (χ0v) is 7.69. The van der Waals surface area contributed by atoms with Gasteiger partial charge in [-0.2, -0.15) is 0 Å². The molecule has 0 saturated carbocycles. The number of rotatable bonds is 1. The first kappa shape index (κ1) is 7.62. The summed E-state index contributed by atoms with van der Waals surface area (Å²) in [5.41, 5.74) is 1.32. The minimum atomic E-state index is 0.392. The van der Waals surface area contributed by atoms with Gasteiger partial charge in [0, 0.05) is 10.1 Å². The fourth-order valence-corrected chi connectivity index (χ4v) is 2.39. The molecule has 0 saturated heterocycles. The molecule has 0 spiro atoms. The maximum absolute atomic E-state index is 9.49. The molecule has 0 aliphatic carbocycles. The number of thiophene rings is 1. The Balaban J connectivity index is 2.82. The molecule has 0 unspecified atom stereocenters. The average Bonchev–Trinajstić information content (AvgIpc) is 2.54. The Labute approximate surface area is 75.3 Å². The third-order valence-corrected chi connectivity index (χ3v) is 3.05. The highest BCUT2D eigenvalue weighted by atomic mass is 32.1. The summed E-state index contributed by atoms with van der Waals surface area (Å²) in [4.78, 5) is 0. The van der Waals surface area contributed by atoms with Crippen molar-refractivity contribution < 1.29 is 5.11 Å². The van der Waals surface area contributed by atoms with Crippen LogP contribution in [0.2, 0.25) is 0 Å². The van der Waals surface area contributed by atoms with Gasteiger partial charge in [0.15, 0.2) is 0 Å². The molecule has 62 valence electrons. The summed E-state index contributed by atoms with van der Waals surface area (Å²) in [7, 11) is 0. The van der Waals surface area contributed by atoms with Crippen molar-refractivity contribution in [2.24, 2.45) is 0 Å². The third kappa shape index (κ3) is 0.994. The maximum Gasteiger partial charge on any atom is 0.124 e. The van der Waals surface area contributed by atoms with Crippen molar-refractivity contribution >= 4 is 21.4 Å². The highest BCUT2D eigenvalue weighted by Crippen LogP contribution is 2.31. The van der Waals surface area contributed by atoms with E-state index in [1.165, 1.54) is 10.3 Å². The molecule has 0 aliphatic heterocycles. The van der Waals surface area contributed by atoms with Gasteiger partial charge >= 0.3 is 0 Å². The van der Waals surface area contributed by atoms with Gasteiger partial charge in [-0.25, -0.2) is 0 Å². The number of hydrogen-bond acceptors (Lipinski definition) is 2. The quantitative estimate of drug-likeness (QED) is 0.711. The van der Waals surface area contributed by atoms with E-state index in [2.05, 4.69) is 6.92 Å². The fourth-order valence-electron chi connectivity index (χ4n) is 1.38. The third-order valence-electron chi connectivity index (χ3n) is 2.06. The van der Waals surface area contributed by atoms with Crippen LogP contribution >= 0.6 is 11.3 Å². The molecule has 2 rings (SSSR count). The van der Waals surface area contributed by atoms with Crippen LogP contribution in [0.3, 0.4) is 0 Å². The normalized spacial score (nSPS) is 10.8. The van der Waals surface area contributed by atoms with E-state index in [4.69, 9.17) is 0 Å². The summed E-state index contributed by atoms with van der Waals surface area (Å²) in [6.45, 7) is 2.13. The van der Waals surface area contributed by atoms with Gasteiger partial charge < -0.3 is 5.11 Å². The van der Waals surface area contributed by atoms with E-state index in [-0.39, 0.29) is 0 Å². The Hall–Kier alpha value is -1.02. The number of phenolic OH excluding ortho intramolecular Hbond substituents is 1. The van der Waals surface area contributed by atoms with E-state index >= 15 is 0 Å². The molecule has 12 heavy (non-hydrogen) atoms. The highest BCUT2D eigenvalue weighted by Gasteiger charge is 2.03. The maximum atomic E-state index is 9.49. The lowest BCUT2D eigenvalue weighted by atomic mass is 10.1. The molecular formula is C10H10OS. The Morgan fingerprint density at radius 1 is 1.33 bits per heavy atom. The molecule has 2 heteroatoms. The van der Waals surface area contributed by atoms with Crippen LogP contribution in [0.4, 0.5) is 0 Å². The Bertz CT molecular complexity index is 403. The molecule has 1 aromatic heterocycles. The SMILES string of the molecule is CCc1ccc(O)c2ccsc12. The molecule has 2 aromatic rings. The lowest BCUT2D eigenvalue weighted by molar-refractivity contribution is 0.481. The molecule has 0 aliphatic rings. The lowest BCUT2D eigenvalue weighted by Gasteiger charge is -1.99. The van der Waals surface area contributed by atoms with Crippen molar-refractivity contribution in [1.29, 1.82) is 0 Å². The molecule has 1 nitrogen and oxygen atoms in total. The van der Waals surface area contributed by atoms with Gasteiger partial charge in [0.1, 0.15) is 5.75 Å². The summed E-state index contributed by atoms with van der Waals surface area (Å²) in [5.74, 6) is 0.392. The number of aromatic hydroxyl groups is 1. The van der Waals surface area contributed by atoms with E-state index in [1.54, 1.807) is 17.4 Å². The number of benzene rings is 1. The number of fused-ring (bicyclic) bond motifs is 1. The molecule has 0 bridgehead atoms. The van der Waals surface area contributed by atoms with Crippen LogP contribution < -0.4 is 0 Å². The molecule has 0 amide bonds. The summed E-state index contributed by atoms with van der Waals surface area (Å²) in [6.07, 6.45) is 1.03. The molecular weight excluding hydrogens is 168 g/mol. The first-order valence-corrected chi connectivity index (χ1v) is 4.89. The van der Waals surface area contributed by atoms with Crippen LogP contribution in [0, 0.1) is 0 Å². The van der Waals surface area contributed by atoms with Crippen molar-refractivity contribution in [3.63, 3.8) is 0 Å². The van der Waals surface area contributed by atoms with E-state index < -0.39 is 0 Å². The van der Waals surface area contributed by atoms with Crippen LogP contribution in [-0.4, -0.2) is 5.11 Å². The first-order valence-electron chi connectivity index (χ1n) is 4.01. The zero-order valence-electron chi connectivity index (χ0n) is 6.87. The smallest absolute Gasteiger partial charge is 0.124 e. The zero-order chi connectivity index (χ0) is 8.55. The highest BCUT2D eigenvalue weighted by molar-refractivity contribution is 7.17. The second-order valence-electron chi connectivity index (χ2n) is 2.76. The molecule has 1 heterocycles. The van der Waals surface area contributed by atoms with Crippen LogP contribution in [-0.2, 0) is 6.42 Å². The summed E-state index contributed by atoms with van der Waals surface area (Å²) in [5, 5.41) is 12.5. The van der Waals surface area contributed by atoms with Gasteiger partial charge in [-0.15, -0.1) is 11.3 Å². The Morgan fingerprint density at radius 2 is 2.17 bits per heavy atom. The topological polar surface area (TPSA) is 20.2 Å². The van der Waals surface area contributed by atoms with Gasteiger partial charge in [-0.1, -0.05) is 13.0 Å². The van der Waals surface area contributed by atoms with Crippen molar-refractivity contribution in [3.05, 3.63) is 29.1 Å². The van der Waals surface area contributed by atoms with Crippen LogP contribution in [0.1, 0.15) is 12.5 Å². The summed E-state index contributed by atoms with van der Waals surface area (Å²) in [6, 6.07) is 5.73. The number of aryl methyl sites for hydroxylation is 1. The van der Waals surface area contributed by atoms with Crippen LogP contribution in [0.25, 0.3) is 10.1 Å².